The summed E-state index contributed by atoms with van der Waals surface area (Å²) in [5, 5.41) is 5.91. The monoisotopic (exact) mass is 254 g/mol. The van der Waals surface area contributed by atoms with Crippen LogP contribution in [0.5, 0.6) is 0 Å². The Morgan fingerprint density at radius 2 is 2.16 bits per heavy atom. The molecule has 2 aromatic rings. The highest BCUT2D eigenvalue weighted by molar-refractivity contribution is 5.89. The fourth-order valence-corrected chi connectivity index (χ4v) is 2.08. The second-order valence-corrected chi connectivity index (χ2v) is 5.23. The van der Waals surface area contributed by atoms with Gasteiger partial charge in [0, 0.05) is 17.8 Å². The first kappa shape index (κ1) is 13.8. The van der Waals surface area contributed by atoms with Gasteiger partial charge in [-0.3, -0.25) is 4.98 Å². The summed E-state index contributed by atoms with van der Waals surface area (Å²) in [6.07, 6.45) is 9.27. The molecule has 0 saturated carbocycles. The number of hydrogen-bond acceptors (Lipinski definition) is 2. The number of pyridine rings is 1. The molecule has 1 N–H and O–H groups in total. The number of nitrogens with zero attached hydrogens (tertiary/aromatic N) is 1. The van der Waals surface area contributed by atoms with Crippen molar-refractivity contribution in [3.8, 4) is 0 Å². The highest BCUT2D eigenvalue weighted by Crippen LogP contribution is 2.18. The SMILES string of the molecule is CC(C)CNCCC=Cc1cccc2cnccc12. The van der Waals surface area contributed by atoms with Crippen molar-refractivity contribution < 1.29 is 0 Å². The lowest BCUT2D eigenvalue weighted by Crippen LogP contribution is -2.20. The van der Waals surface area contributed by atoms with Crippen molar-refractivity contribution in [1.82, 2.24) is 10.3 Å². The second-order valence-electron chi connectivity index (χ2n) is 5.23. The summed E-state index contributed by atoms with van der Waals surface area (Å²) in [5.74, 6) is 0.717. The fourth-order valence-electron chi connectivity index (χ4n) is 2.08. The normalized spacial score (nSPS) is 11.7. The van der Waals surface area contributed by atoms with Gasteiger partial charge < -0.3 is 5.32 Å². The summed E-state index contributed by atoms with van der Waals surface area (Å²) < 4.78 is 0. The average Bonchev–Trinajstić information content (AvgIpc) is 2.42. The molecule has 2 heteroatoms. The zero-order chi connectivity index (χ0) is 13.5. The molecule has 0 radical (unpaired) electrons. The van der Waals surface area contributed by atoms with E-state index in [1.807, 2.05) is 12.4 Å². The first-order valence-corrected chi connectivity index (χ1v) is 6.97. The molecule has 0 unspecified atom stereocenters. The van der Waals surface area contributed by atoms with Gasteiger partial charge in [0.1, 0.15) is 0 Å². The van der Waals surface area contributed by atoms with E-state index in [-0.39, 0.29) is 0 Å². The van der Waals surface area contributed by atoms with Crippen LogP contribution in [0.1, 0.15) is 25.8 Å². The van der Waals surface area contributed by atoms with E-state index in [1.54, 1.807) is 0 Å². The van der Waals surface area contributed by atoms with Crippen molar-refractivity contribution in [1.29, 1.82) is 0 Å². The van der Waals surface area contributed by atoms with E-state index in [4.69, 9.17) is 0 Å². The number of hydrogen-bond donors (Lipinski definition) is 1. The Labute approximate surface area is 115 Å². The van der Waals surface area contributed by atoms with E-state index in [2.05, 4.69) is 60.6 Å². The van der Waals surface area contributed by atoms with Crippen molar-refractivity contribution in [3.63, 3.8) is 0 Å². The minimum atomic E-state index is 0.717. The van der Waals surface area contributed by atoms with Crippen molar-refractivity contribution in [3.05, 3.63) is 48.3 Å². The summed E-state index contributed by atoms with van der Waals surface area (Å²) in [5.41, 5.74) is 1.27. The molecule has 0 saturated heterocycles. The number of rotatable bonds is 6. The summed E-state index contributed by atoms with van der Waals surface area (Å²) in [6.45, 7) is 6.59. The van der Waals surface area contributed by atoms with Crippen LogP contribution < -0.4 is 5.32 Å². The molecule has 2 nitrogen and oxygen atoms in total. The molecule has 0 bridgehead atoms. The molecule has 0 amide bonds. The molecule has 100 valence electrons. The summed E-state index contributed by atoms with van der Waals surface area (Å²) in [6, 6.07) is 8.41. The predicted octanol–water partition coefficient (Wildman–Crippen LogP) is 3.88. The van der Waals surface area contributed by atoms with Crippen molar-refractivity contribution >= 4 is 16.8 Å². The third kappa shape index (κ3) is 4.18. The minimum absolute atomic E-state index is 0.717. The molecule has 1 aromatic heterocycles. The predicted molar refractivity (Wildman–Crippen MR) is 83.1 cm³/mol. The van der Waals surface area contributed by atoms with Crippen LogP contribution in [0, 0.1) is 5.92 Å². The standard InChI is InChI=1S/C17H22N2/c1-14(2)12-18-10-4-3-6-15-7-5-8-16-13-19-11-9-17(15)16/h3,5-9,11,13-14,18H,4,10,12H2,1-2H3. The third-order valence-corrected chi connectivity index (χ3v) is 3.05. The Hall–Kier alpha value is -1.67. The molecule has 0 aliphatic rings. The van der Waals surface area contributed by atoms with Gasteiger partial charge in [0.15, 0.2) is 0 Å². The lowest BCUT2D eigenvalue weighted by atomic mass is 10.1. The van der Waals surface area contributed by atoms with Gasteiger partial charge in [-0.25, -0.2) is 0 Å². The van der Waals surface area contributed by atoms with Gasteiger partial charge in [0.25, 0.3) is 0 Å². The van der Waals surface area contributed by atoms with Crippen LogP contribution in [0.15, 0.2) is 42.7 Å². The van der Waals surface area contributed by atoms with Gasteiger partial charge in [-0.1, -0.05) is 44.2 Å². The number of nitrogens with one attached hydrogen (secondary N) is 1. The number of benzene rings is 1. The van der Waals surface area contributed by atoms with Crippen LogP contribution in [0.3, 0.4) is 0 Å². The number of aromatic nitrogens is 1. The van der Waals surface area contributed by atoms with Gasteiger partial charge in [0.05, 0.1) is 0 Å². The van der Waals surface area contributed by atoms with Gasteiger partial charge in [-0.2, -0.15) is 0 Å². The van der Waals surface area contributed by atoms with E-state index in [1.165, 1.54) is 16.3 Å². The zero-order valence-electron chi connectivity index (χ0n) is 11.8. The van der Waals surface area contributed by atoms with Crippen LogP contribution in [0.4, 0.5) is 0 Å². The van der Waals surface area contributed by atoms with Crippen molar-refractivity contribution in [2.75, 3.05) is 13.1 Å². The van der Waals surface area contributed by atoms with E-state index >= 15 is 0 Å². The molecular formula is C17H22N2. The molecule has 0 aliphatic carbocycles. The number of fused-ring (bicyclic) bond motifs is 1. The Morgan fingerprint density at radius 3 is 3.00 bits per heavy atom. The van der Waals surface area contributed by atoms with Crippen LogP contribution in [-0.2, 0) is 0 Å². The Kier molecular flexibility index (Phi) is 5.10. The topological polar surface area (TPSA) is 24.9 Å². The molecule has 0 atom stereocenters. The third-order valence-electron chi connectivity index (χ3n) is 3.05. The van der Waals surface area contributed by atoms with Gasteiger partial charge in [0.2, 0.25) is 0 Å². The summed E-state index contributed by atoms with van der Waals surface area (Å²) in [4.78, 5) is 4.16. The maximum absolute atomic E-state index is 4.16. The first-order valence-electron chi connectivity index (χ1n) is 6.97. The fraction of sp³-hybridized carbons (Fsp3) is 0.353. The van der Waals surface area contributed by atoms with Crippen molar-refractivity contribution in [2.45, 2.75) is 20.3 Å². The van der Waals surface area contributed by atoms with Crippen LogP contribution in [0.25, 0.3) is 16.8 Å². The maximum atomic E-state index is 4.16. The lowest BCUT2D eigenvalue weighted by molar-refractivity contribution is 0.557. The quantitative estimate of drug-likeness (QED) is 0.791. The van der Waals surface area contributed by atoms with Crippen LogP contribution in [-0.4, -0.2) is 18.1 Å². The second kappa shape index (κ2) is 7.05. The van der Waals surface area contributed by atoms with Crippen LogP contribution >= 0.6 is 0 Å². The Morgan fingerprint density at radius 1 is 1.26 bits per heavy atom. The smallest absolute Gasteiger partial charge is 0.0346 e. The van der Waals surface area contributed by atoms with E-state index in [9.17, 15) is 0 Å². The highest BCUT2D eigenvalue weighted by atomic mass is 14.8. The largest absolute Gasteiger partial charge is 0.316 e. The summed E-state index contributed by atoms with van der Waals surface area (Å²) in [7, 11) is 0. The summed E-state index contributed by atoms with van der Waals surface area (Å²) >= 11 is 0. The van der Waals surface area contributed by atoms with Crippen molar-refractivity contribution in [2.24, 2.45) is 5.92 Å². The Balaban J connectivity index is 1.94. The minimum Gasteiger partial charge on any atom is -0.316 e. The Bertz CT molecular complexity index is 538. The average molecular weight is 254 g/mol. The maximum Gasteiger partial charge on any atom is 0.0346 e. The molecule has 1 heterocycles. The van der Waals surface area contributed by atoms with E-state index in [0.717, 1.165) is 25.4 Å². The van der Waals surface area contributed by atoms with Gasteiger partial charge >= 0.3 is 0 Å². The molecule has 2 rings (SSSR count). The van der Waals surface area contributed by atoms with Crippen LogP contribution in [0.2, 0.25) is 0 Å². The highest BCUT2D eigenvalue weighted by Gasteiger charge is 1.96. The van der Waals surface area contributed by atoms with E-state index in [0.29, 0.717) is 0 Å². The zero-order valence-corrected chi connectivity index (χ0v) is 11.8. The molecule has 0 spiro atoms. The van der Waals surface area contributed by atoms with Gasteiger partial charge in [-0.05, 0) is 42.4 Å². The molecule has 0 fully saturated rings. The first-order chi connectivity index (χ1) is 9.27. The van der Waals surface area contributed by atoms with Gasteiger partial charge in [-0.15, -0.1) is 0 Å². The van der Waals surface area contributed by atoms with E-state index < -0.39 is 0 Å². The lowest BCUT2D eigenvalue weighted by Gasteiger charge is -2.05. The molecule has 19 heavy (non-hydrogen) atoms. The molecular weight excluding hydrogens is 232 g/mol. The molecule has 0 aliphatic heterocycles. The molecule has 1 aromatic carbocycles.